The third-order valence-electron chi connectivity index (χ3n) is 5.75. The molecule has 0 radical (unpaired) electrons. The number of carbonyl (C=O) groups excluding carboxylic acids is 2. The normalized spacial score (nSPS) is 11.7. The van der Waals surface area contributed by atoms with Gasteiger partial charge in [-0.05, 0) is 48.2 Å². The lowest BCUT2D eigenvalue weighted by Crippen LogP contribution is -2.52. The van der Waals surface area contributed by atoms with E-state index in [1.54, 1.807) is 24.3 Å². The van der Waals surface area contributed by atoms with Crippen LogP contribution < -0.4 is 10.1 Å². The van der Waals surface area contributed by atoms with Gasteiger partial charge in [0.1, 0.15) is 17.6 Å². The highest BCUT2D eigenvalue weighted by atomic mass is 79.9. The fraction of sp³-hybridized carbons (Fsp3) is 0.310. The number of rotatable bonds is 11. The van der Waals surface area contributed by atoms with Crippen LogP contribution in [0.5, 0.6) is 5.75 Å². The van der Waals surface area contributed by atoms with Gasteiger partial charge in [-0.25, -0.2) is 4.39 Å². The van der Waals surface area contributed by atoms with Gasteiger partial charge < -0.3 is 15.0 Å². The maximum Gasteiger partial charge on any atom is 0.261 e. The first-order valence-electron chi connectivity index (χ1n) is 12.0. The van der Waals surface area contributed by atoms with Crippen LogP contribution in [-0.2, 0) is 22.6 Å². The van der Waals surface area contributed by atoms with E-state index in [4.69, 9.17) is 4.74 Å². The van der Waals surface area contributed by atoms with Gasteiger partial charge in [-0.3, -0.25) is 9.59 Å². The van der Waals surface area contributed by atoms with Crippen LogP contribution in [0.2, 0.25) is 0 Å². The Morgan fingerprint density at radius 1 is 1.03 bits per heavy atom. The van der Waals surface area contributed by atoms with Gasteiger partial charge in [0.15, 0.2) is 6.61 Å². The van der Waals surface area contributed by atoms with Crippen molar-refractivity contribution in [2.45, 2.75) is 39.8 Å². The van der Waals surface area contributed by atoms with Gasteiger partial charge in [-0.2, -0.15) is 0 Å². The van der Waals surface area contributed by atoms with E-state index in [-0.39, 0.29) is 25.0 Å². The number of aryl methyl sites for hydroxylation is 1. The lowest BCUT2D eigenvalue weighted by Gasteiger charge is -2.31. The van der Waals surface area contributed by atoms with Gasteiger partial charge in [0, 0.05) is 29.5 Å². The minimum Gasteiger partial charge on any atom is -0.484 e. The molecule has 1 N–H and O–H groups in total. The van der Waals surface area contributed by atoms with E-state index < -0.39 is 17.8 Å². The zero-order chi connectivity index (χ0) is 26.1. The zero-order valence-electron chi connectivity index (χ0n) is 20.8. The van der Waals surface area contributed by atoms with Crippen molar-refractivity contribution in [1.82, 2.24) is 10.2 Å². The van der Waals surface area contributed by atoms with E-state index in [9.17, 15) is 14.0 Å². The Balaban J connectivity index is 1.91. The van der Waals surface area contributed by atoms with E-state index in [0.717, 1.165) is 15.6 Å². The summed E-state index contributed by atoms with van der Waals surface area (Å²) >= 11 is 3.46. The average molecular weight is 555 g/mol. The second-order valence-corrected chi connectivity index (χ2v) is 10.0. The molecule has 0 saturated heterocycles. The van der Waals surface area contributed by atoms with Crippen LogP contribution in [0.4, 0.5) is 4.39 Å². The van der Waals surface area contributed by atoms with Gasteiger partial charge in [0.25, 0.3) is 5.91 Å². The van der Waals surface area contributed by atoms with E-state index in [2.05, 4.69) is 21.2 Å². The molecule has 190 valence electrons. The topological polar surface area (TPSA) is 58.6 Å². The Bertz CT molecular complexity index is 1170. The fourth-order valence-corrected chi connectivity index (χ4v) is 3.97. The van der Waals surface area contributed by atoms with Gasteiger partial charge in [-0.1, -0.05) is 78.3 Å². The summed E-state index contributed by atoms with van der Waals surface area (Å²) in [5.41, 5.74) is 2.20. The summed E-state index contributed by atoms with van der Waals surface area (Å²) in [5, 5.41) is 2.95. The van der Waals surface area contributed by atoms with Crippen molar-refractivity contribution in [3.8, 4) is 5.75 Å². The van der Waals surface area contributed by atoms with Crippen LogP contribution >= 0.6 is 15.9 Å². The minimum absolute atomic E-state index is 0.0547. The molecule has 7 heteroatoms. The third-order valence-corrected chi connectivity index (χ3v) is 6.64. The van der Waals surface area contributed by atoms with Crippen molar-refractivity contribution >= 4 is 27.7 Å². The molecule has 0 aliphatic heterocycles. The van der Waals surface area contributed by atoms with Crippen molar-refractivity contribution in [1.29, 1.82) is 0 Å². The summed E-state index contributed by atoms with van der Waals surface area (Å²) in [6, 6.07) is 20.4. The number of halogens is 2. The Kier molecular flexibility index (Phi) is 10.1. The first-order chi connectivity index (χ1) is 17.2. The number of amides is 2. The summed E-state index contributed by atoms with van der Waals surface area (Å²) in [4.78, 5) is 28.4. The smallest absolute Gasteiger partial charge is 0.261 e. The fourth-order valence-electron chi connectivity index (χ4n) is 3.72. The molecule has 0 aliphatic rings. The molecule has 0 spiro atoms. The first kappa shape index (κ1) is 27.4. The molecular formula is C29H32BrFN2O3. The number of ether oxygens (including phenoxy) is 1. The number of nitrogens with one attached hydrogen (secondary N) is 1. The quantitative estimate of drug-likeness (QED) is 0.331. The van der Waals surface area contributed by atoms with Crippen LogP contribution in [0.25, 0.3) is 0 Å². The third kappa shape index (κ3) is 7.92. The standard InChI is InChI=1S/C29H32BrFN2O3/c1-20(2)17-32-29(35)27(16-22-9-5-4-6-10-22)33(18-23-11-7-8-12-26(23)31)28(34)19-36-24-13-14-25(30)21(3)15-24/h4-15,20,27H,16-19H2,1-3H3,(H,32,35)/t27-/m1/s1. The predicted molar refractivity (Wildman–Crippen MR) is 143 cm³/mol. The predicted octanol–water partition coefficient (Wildman–Crippen LogP) is 5.69. The van der Waals surface area contributed by atoms with Crippen molar-refractivity contribution in [3.63, 3.8) is 0 Å². The minimum atomic E-state index is -0.839. The molecule has 2 amide bonds. The van der Waals surface area contributed by atoms with Crippen LogP contribution in [-0.4, -0.2) is 35.9 Å². The maximum atomic E-state index is 14.6. The van der Waals surface area contributed by atoms with Crippen molar-refractivity contribution < 1.29 is 18.7 Å². The lowest BCUT2D eigenvalue weighted by molar-refractivity contribution is -0.142. The van der Waals surface area contributed by atoms with Gasteiger partial charge >= 0.3 is 0 Å². The molecule has 3 aromatic carbocycles. The van der Waals surface area contributed by atoms with Gasteiger partial charge in [0.2, 0.25) is 5.91 Å². The van der Waals surface area contributed by atoms with Crippen molar-refractivity contribution in [3.05, 3.63) is 99.8 Å². The Morgan fingerprint density at radius 2 is 1.72 bits per heavy atom. The van der Waals surface area contributed by atoms with Crippen LogP contribution in [0, 0.1) is 18.7 Å². The number of nitrogens with zero attached hydrogens (tertiary/aromatic N) is 1. The Labute approximate surface area is 220 Å². The zero-order valence-corrected chi connectivity index (χ0v) is 22.4. The van der Waals surface area contributed by atoms with E-state index in [0.29, 0.717) is 24.3 Å². The molecule has 5 nitrogen and oxygen atoms in total. The van der Waals surface area contributed by atoms with E-state index >= 15 is 0 Å². The molecule has 3 aromatic rings. The molecule has 0 saturated carbocycles. The first-order valence-corrected chi connectivity index (χ1v) is 12.8. The average Bonchev–Trinajstić information content (AvgIpc) is 2.86. The molecule has 3 rings (SSSR count). The van der Waals surface area contributed by atoms with Crippen LogP contribution in [0.3, 0.4) is 0 Å². The molecular weight excluding hydrogens is 523 g/mol. The summed E-state index contributed by atoms with van der Waals surface area (Å²) in [6.07, 6.45) is 0.294. The largest absolute Gasteiger partial charge is 0.484 e. The molecule has 0 aliphatic carbocycles. The van der Waals surface area contributed by atoms with E-state index in [1.165, 1.54) is 11.0 Å². The summed E-state index contributed by atoms with van der Waals surface area (Å²) < 4.78 is 21.3. The molecule has 0 unspecified atom stereocenters. The van der Waals surface area contributed by atoms with E-state index in [1.807, 2.05) is 63.2 Å². The van der Waals surface area contributed by atoms with Gasteiger partial charge in [-0.15, -0.1) is 0 Å². The molecule has 0 heterocycles. The monoisotopic (exact) mass is 554 g/mol. The number of carbonyl (C=O) groups is 2. The number of hydrogen-bond acceptors (Lipinski definition) is 3. The lowest BCUT2D eigenvalue weighted by atomic mass is 10.0. The van der Waals surface area contributed by atoms with Crippen LogP contribution in [0.15, 0.2) is 77.3 Å². The molecule has 0 aromatic heterocycles. The molecule has 36 heavy (non-hydrogen) atoms. The molecule has 0 fully saturated rings. The Morgan fingerprint density at radius 3 is 2.39 bits per heavy atom. The SMILES string of the molecule is Cc1cc(OCC(=O)N(Cc2ccccc2F)[C@H](Cc2ccccc2)C(=O)NCC(C)C)ccc1Br. The highest BCUT2D eigenvalue weighted by Gasteiger charge is 2.31. The highest BCUT2D eigenvalue weighted by Crippen LogP contribution is 2.22. The summed E-state index contributed by atoms with van der Waals surface area (Å²) in [7, 11) is 0. The van der Waals surface area contributed by atoms with Crippen molar-refractivity contribution in [2.24, 2.45) is 5.92 Å². The summed E-state index contributed by atoms with van der Waals surface area (Å²) in [5.74, 6) is -0.332. The maximum absolute atomic E-state index is 14.6. The van der Waals surface area contributed by atoms with Gasteiger partial charge in [0.05, 0.1) is 0 Å². The Hall–Kier alpha value is -3.19. The second-order valence-electron chi connectivity index (χ2n) is 9.16. The summed E-state index contributed by atoms with van der Waals surface area (Å²) in [6.45, 7) is 6.07. The second kappa shape index (κ2) is 13.2. The van der Waals surface area contributed by atoms with Crippen LogP contribution in [0.1, 0.15) is 30.5 Å². The number of benzene rings is 3. The number of hydrogen-bond donors (Lipinski definition) is 1. The molecule has 1 atom stereocenters. The molecule has 0 bridgehead atoms. The van der Waals surface area contributed by atoms with Crippen molar-refractivity contribution in [2.75, 3.05) is 13.2 Å². The highest BCUT2D eigenvalue weighted by molar-refractivity contribution is 9.10.